The van der Waals surface area contributed by atoms with Crippen molar-refractivity contribution < 1.29 is 4.79 Å². The van der Waals surface area contributed by atoms with Crippen molar-refractivity contribution in [1.29, 1.82) is 0 Å². The third-order valence-electron chi connectivity index (χ3n) is 4.32. The summed E-state index contributed by atoms with van der Waals surface area (Å²) in [5, 5.41) is 7.44. The minimum absolute atomic E-state index is 0.126. The molecule has 0 saturated carbocycles. The summed E-state index contributed by atoms with van der Waals surface area (Å²) in [6.07, 6.45) is 3.86. The molecule has 8 heteroatoms. The van der Waals surface area contributed by atoms with E-state index in [4.69, 9.17) is 0 Å². The molecule has 0 aromatic carbocycles. The van der Waals surface area contributed by atoms with Gasteiger partial charge in [0.1, 0.15) is 0 Å². The molecule has 0 aliphatic carbocycles. The number of aryl methyl sites for hydroxylation is 2. The van der Waals surface area contributed by atoms with Crippen molar-refractivity contribution in [3.63, 3.8) is 0 Å². The fraction of sp³-hybridized carbons (Fsp3) is 0.438. The second-order valence-electron chi connectivity index (χ2n) is 6.15. The van der Waals surface area contributed by atoms with Crippen LogP contribution in [0.15, 0.2) is 17.6 Å². The van der Waals surface area contributed by atoms with E-state index in [1.54, 1.807) is 15.9 Å². The van der Waals surface area contributed by atoms with Crippen molar-refractivity contribution >= 4 is 23.0 Å². The number of likely N-dealkylation sites (tertiary alicyclic amines) is 1. The van der Waals surface area contributed by atoms with E-state index < -0.39 is 0 Å². The van der Waals surface area contributed by atoms with Gasteiger partial charge in [0, 0.05) is 42.0 Å². The van der Waals surface area contributed by atoms with Gasteiger partial charge in [-0.15, -0.1) is 16.4 Å². The van der Waals surface area contributed by atoms with Crippen LogP contribution in [0.2, 0.25) is 0 Å². The molecule has 0 radical (unpaired) electrons. The maximum Gasteiger partial charge on any atom is 0.293 e. The lowest BCUT2D eigenvalue weighted by Gasteiger charge is -2.30. The van der Waals surface area contributed by atoms with E-state index in [1.165, 1.54) is 0 Å². The Bertz CT molecular complexity index is 887. The molecule has 4 rings (SSSR count). The second-order valence-corrected chi connectivity index (χ2v) is 7.07. The Hall–Kier alpha value is -2.35. The van der Waals surface area contributed by atoms with E-state index in [-0.39, 0.29) is 11.7 Å². The highest BCUT2D eigenvalue weighted by Gasteiger charge is 2.29. The largest absolute Gasteiger partial charge is 0.335 e. The zero-order chi connectivity index (χ0) is 16.7. The quantitative estimate of drug-likeness (QED) is 0.714. The van der Waals surface area contributed by atoms with Crippen molar-refractivity contribution in [1.82, 2.24) is 29.5 Å². The Labute approximate surface area is 143 Å². The van der Waals surface area contributed by atoms with Gasteiger partial charge in [-0.3, -0.25) is 4.79 Å². The van der Waals surface area contributed by atoms with Gasteiger partial charge in [0.05, 0.1) is 5.01 Å². The molecule has 0 unspecified atom stereocenters. The van der Waals surface area contributed by atoms with E-state index in [9.17, 15) is 4.79 Å². The number of fused-ring (bicyclic) bond motifs is 1. The number of rotatable bonds is 2. The Balaban J connectivity index is 1.60. The summed E-state index contributed by atoms with van der Waals surface area (Å²) in [7, 11) is 0. The van der Waals surface area contributed by atoms with Gasteiger partial charge in [-0.05, 0) is 32.8 Å². The summed E-state index contributed by atoms with van der Waals surface area (Å²) >= 11 is 1.65. The lowest BCUT2D eigenvalue weighted by Crippen LogP contribution is -2.39. The first kappa shape index (κ1) is 15.2. The second kappa shape index (κ2) is 5.94. The van der Waals surface area contributed by atoms with Crippen molar-refractivity contribution in [3.05, 3.63) is 39.9 Å². The highest BCUT2D eigenvalue weighted by atomic mass is 32.1. The molecular formula is C16H18N6OS. The average Bonchev–Trinajstić information content (AvgIpc) is 3.24. The molecule has 124 valence electrons. The number of carbonyl (C=O) groups is 1. The number of thiazole rings is 1. The zero-order valence-corrected chi connectivity index (χ0v) is 14.5. The number of nitrogens with zero attached hydrogens (tertiary/aromatic N) is 6. The van der Waals surface area contributed by atoms with Gasteiger partial charge in [-0.1, -0.05) is 0 Å². The van der Waals surface area contributed by atoms with Crippen molar-refractivity contribution in [2.24, 2.45) is 0 Å². The average molecular weight is 342 g/mol. The van der Waals surface area contributed by atoms with Gasteiger partial charge in [0.2, 0.25) is 5.82 Å². The number of aromatic nitrogens is 5. The molecule has 1 amide bonds. The SMILES string of the molecule is Cc1cc(C)n2nc(C(=O)N3CCC[C@H](c4nccs4)C3)nc2n1. The maximum atomic E-state index is 12.8. The van der Waals surface area contributed by atoms with Crippen LogP contribution >= 0.6 is 11.3 Å². The number of hydrogen-bond acceptors (Lipinski definition) is 6. The van der Waals surface area contributed by atoms with Crippen LogP contribution < -0.4 is 0 Å². The van der Waals surface area contributed by atoms with Gasteiger partial charge >= 0.3 is 0 Å². The lowest BCUT2D eigenvalue weighted by atomic mass is 9.98. The highest BCUT2D eigenvalue weighted by Crippen LogP contribution is 2.28. The van der Waals surface area contributed by atoms with E-state index in [2.05, 4.69) is 20.1 Å². The van der Waals surface area contributed by atoms with Crippen LogP contribution in [0, 0.1) is 13.8 Å². The van der Waals surface area contributed by atoms with Crippen molar-refractivity contribution in [3.8, 4) is 0 Å². The van der Waals surface area contributed by atoms with Gasteiger partial charge in [-0.2, -0.15) is 4.98 Å². The molecule has 0 spiro atoms. The van der Waals surface area contributed by atoms with Crippen LogP contribution in [-0.4, -0.2) is 48.5 Å². The fourth-order valence-corrected chi connectivity index (χ4v) is 3.97. The highest BCUT2D eigenvalue weighted by molar-refractivity contribution is 7.09. The summed E-state index contributed by atoms with van der Waals surface area (Å²) in [5.41, 5.74) is 1.79. The Morgan fingerprint density at radius 1 is 1.33 bits per heavy atom. The minimum Gasteiger partial charge on any atom is -0.335 e. The summed E-state index contributed by atoms with van der Waals surface area (Å²) < 4.78 is 1.63. The van der Waals surface area contributed by atoms with Crippen LogP contribution in [0.25, 0.3) is 5.78 Å². The molecule has 4 heterocycles. The Kier molecular flexibility index (Phi) is 3.76. The van der Waals surface area contributed by atoms with Crippen LogP contribution in [0.3, 0.4) is 0 Å². The van der Waals surface area contributed by atoms with E-state index in [1.807, 2.05) is 36.4 Å². The normalized spacial score (nSPS) is 18.2. The number of piperidine rings is 1. The summed E-state index contributed by atoms with van der Waals surface area (Å²) in [6, 6.07) is 1.93. The van der Waals surface area contributed by atoms with Crippen molar-refractivity contribution in [2.75, 3.05) is 13.1 Å². The predicted molar refractivity (Wildman–Crippen MR) is 90.2 cm³/mol. The Morgan fingerprint density at radius 3 is 3.00 bits per heavy atom. The number of amides is 1. The van der Waals surface area contributed by atoms with Gasteiger partial charge in [0.25, 0.3) is 11.7 Å². The zero-order valence-electron chi connectivity index (χ0n) is 13.6. The Morgan fingerprint density at radius 2 is 2.21 bits per heavy atom. The van der Waals surface area contributed by atoms with E-state index in [0.717, 1.165) is 35.8 Å². The first-order chi connectivity index (χ1) is 11.6. The van der Waals surface area contributed by atoms with Crippen LogP contribution in [-0.2, 0) is 0 Å². The molecule has 1 aliphatic heterocycles. The minimum atomic E-state index is -0.126. The summed E-state index contributed by atoms with van der Waals surface area (Å²) in [4.78, 5) is 27.7. The van der Waals surface area contributed by atoms with Gasteiger partial charge in [0.15, 0.2) is 0 Å². The van der Waals surface area contributed by atoms with E-state index in [0.29, 0.717) is 18.2 Å². The molecule has 0 N–H and O–H groups in total. The molecule has 7 nitrogen and oxygen atoms in total. The topological polar surface area (TPSA) is 76.3 Å². The van der Waals surface area contributed by atoms with Gasteiger partial charge < -0.3 is 4.90 Å². The lowest BCUT2D eigenvalue weighted by molar-refractivity contribution is 0.0695. The maximum absolute atomic E-state index is 12.8. The first-order valence-electron chi connectivity index (χ1n) is 8.01. The smallest absolute Gasteiger partial charge is 0.293 e. The first-order valence-corrected chi connectivity index (χ1v) is 8.89. The molecule has 3 aromatic rings. The number of carbonyl (C=O) groups excluding carboxylic acids is 1. The predicted octanol–water partition coefficient (Wildman–Crippen LogP) is 2.22. The fourth-order valence-electron chi connectivity index (χ4n) is 3.20. The molecule has 1 fully saturated rings. The van der Waals surface area contributed by atoms with Crippen LogP contribution in [0.4, 0.5) is 0 Å². The molecule has 24 heavy (non-hydrogen) atoms. The third-order valence-corrected chi connectivity index (χ3v) is 5.26. The van der Waals surface area contributed by atoms with E-state index >= 15 is 0 Å². The van der Waals surface area contributed by atoms with Crippen LogP contribution in [0.1, 0.15) is 45.8 Å². The third kappa shape index (κ3) is 2.66. The molecule has 1 saturated heterocycles. The molecule has 1 atom stereocenters. The standard InChI is InChI=1S/C16H18N6OS/c1-10-8-11(2)22-16(18-10)19-13(20-22)15(23)21-6-3-4-12(9-21)14-17-5-7-24-14/h5,7-8,12H,3-4,6,9H2,1-2H3/t12-/m0/s1. The van der Waals surface area contributed by atoms with Gasteiger partial charge in [-0.25, -0.2) is 14.5 Å². The molecular weight excluding hydrogens is 324 g/mol. The number of hydrogen-bond donors (Lipinski definition) is 0. The monoisotopic (exact) mass is 342 g/mol. The molecule has 0 bridgehead atoms. The summed E-state index contributed by atoms with van der Waals surface area (Å²) in [6.45, 7) is 5.26. The van der Waals surface area contributed by atoms with Crippen molar-refractivity contribution in [2.45, 2.75) is 32.6 Å². The van der Waals surface area contributed by atoms with Crippen LogP contribution in [0.5, 0.6) is 0 Å². The molecule has 3 aromatic heterocycles. The summed E-state index contributed by atoms with van der Waals surface area (Å²) in [5.74, 6) is 0.876. The molecule has 1 aliphatic rings.